The van der Waals surface area contributed by atoms with E-state index in [2.05, 4.69) is 31.6 Å². The summed E-state index contributed by atoms with van der Waals surface area (Å²) in [5.41, 5.74) is 0. The van der Waals surface area contributed by atoms with Crippen molar-refractivity contribution in [2.24, 2.45) is 5.16 Å². The highest BCUT2D eigenvalue weighted by atomic mass is 16.4. The second-order valence-corrected chi connectivity index (χ2v) is 4.95. The van der Waals surface area contributed by atoms with E-state index in [1.807, 2.05) is 0 Å². The summed E-state index contributed by atoms with van der Waals surface area (Å²) < 4.78 is 0.997. The number of carbonyl (C=O) groups is 1. The van der Waals surface area contributed by atoms with E-state index in [9.17, 15) is 10.0 Å². The summed E-state index contributed by atoms with van der Waals surface area (Å²) in [5.74, 6) is -0.402. The quantitative estimate of drug-likeness (QED) is 0.291. The van der Waals surface area contributed by atoms with E-state index >= 15 is 0 Å². The molecule has 0 aliphatic heterocycles. The van der Waals surface area contributed by atoms with Crippen molar-refractivity contribution in [1.82, 2.24) is 5.32 Å². The summed E-state index contributed by atoms with van der Waals surface area (Å²) in [6.45, 7) is 1.80. The normalized spacial score (nSPS) is 11.9. The van der Waals surface area contributed by atoms with E-state index in [1.54, 1.807) is 0 Å². The molecule has 1 N–H and O–H groups in total. The minimum absolute atomic E-state index is 0.402. The van der Waals surface area contributed by atoms with Crippen LogP contribution in [0.2, 0.25) is 0 Å². The molecule has 1 amide bonds. The Labute approximate surface area is 97.7 Å². The van der Waals surface area contributed by atoms with Gasteiger partial charge in [0, 0.05) is 6.54 Å². The molecule has 0 heterocycles. The number of quaternary nitrogens is 1. The van der Waals surface area contributed by atoms with Crippen molar-refractivity contribution in [3.8, 4) is 0 Å². The zero-order valence-electron chi connectivity index (χ0n) is 10.5. The topological polar surface area (TPSA) is 64.5 Å². The summed E-state index contributed by atoms with van der Waals surface area (Å²) >= 11 is 0. The van der Waals surface area contributed by atoms with Crippen molar-refractivity contribution < 1.29 is 9.28 Å². The lowest BCUT2D eigenvalue weighted by atomic mass is 10.2. The Morgan fingerprint density at radius 1 is 1.25 bits per heavy atom. The van der Waals surface area contributed by atoms with Crippen LogP contribution >= 0.6 is 0 Å². The summed E-state index contributed by atoms with van der Waals surface area (Å²) in [6, 6.07) is 0. The lowest BCUT2D eigenvalue weighted by Gasteiger charge is -2.23. The maximum atomic E-state index is 10.8. The zero-order valence-corrected chi connectivity index (χ0v) is 10.5. The fraction of sp³-hybridized carbons (Fsp3) is 0.818. The molecule has 0 saturated carbocycles. The van der Waals surface area contributed by atoms with Crippen LogP contribution in [-0.2, 0) is 4.79 Å². The first-order valence-electron chi connectivity index (χ1n) is 5.69. The third-order valence-electron chi connectivity index (χ3n) is 2.22. The average Bonchev–Trinajstić information content (AvgIpc) is 2.15. The van der Waals surface area contributed by atoms with Gasteiger partial charge < -0.3 is 20.2 Å². The van der Waals surface area contributed by atoms with Crippen LogP contribution in [0.4, 0.5) is 0 Å². The SMILES string of the molecule is C[N+](C)(C)CCCCCCNC(=O)/C=N/[O-]. The Balaban J connectivity index is 3.25. The Bertz CT molecular complexity index is 222. The van der Waals surface area contributed by atoms with Gasteiger partial charge in [0.05, 0.1) is 33.9 Å². The molecular weight excluding hydrogens is 206 g/mol. The van der Waals surface area contributed by atoms with Crippen LogP contribution in [-0.4, -0.2) is 50.8 Å². The molecule has 0 aromatic heterocycles. The van der Waals surface area contributed by atoms with Crippen molar-refractivity contribution in [2.45, 2.75) is 25.7 Å². The molecule has 0 aliphatic rings. The molecule has 5 nitrogen and oxygen atoms in total. The van der Waals surface area contributed by atoms with Gasteiger partial charge >= 0.3 is 0 Å². The molecule has 0 aromatic rings. The van der Waals surface area contributed by atoms with Gasteiger partial charge in [-0.1, -0.05) is 6.42 Å². The molecule has 0 aromatic carbocycles. The monoisotopic (exact) mass is 229 g/mol. The van der Waals surface area contributed by atoms with Crippen molar-refractivity contribution >= 4 is 12.1 Å². The van der Waals surface area contributed by atoms with Crippen LogP contribution in [0.5, 0.6) is 0 Å². The van der Waals surface area contributed by atoms with Crippen LogP contribution in [0.3, 0.4) is 0 Å². The highest BCUT2D eigenvalue weighted by Gasteiger charge is 2.04. The number of hydrogen-bond donors (Lipinski definition) is 1. The van der Waals surface area contributed by atoms with Gasteiger partial charge in [0.1, 0.15) is 0 Å². The number of amides is 1. The molecule has 0 spiro atoms. The molecular formula is C11H23N3O2. The number of carbonyl (C=O) groups excluding carboxylic acids is 1. The van der Waals surface area contributed by atoms with Crippen molar-refractivity contribution in [1.29, 1.82) is 0 Å². The summed E-state index contributed by atoms with van der Waals surface area (Å²) in [5, 5.41) is 14.7. The summed E-state index contributed by atoms with van der Waals surface area (Å²) in [7, 11) is 6.55. The molecule has 94 valence electrons. The Hall–Kier alpha value is -1.10. The van der Waals surface area contributed by atoms with Crippen LogP contribution in [0.25, 0.3) is 0 Å². The number of nitrogens with one attached hydrogen (secondary N) is 1. The summed E-state index contributed by atoms with van der Waals surface area (Å²) in [4.78, 5) is 10.8. The lowest BCUT2D eigenvalue weighted by molar-refractivity contribution is -0.870. The third kappa shape index (κ3) is 11.0. The first-order valence-corrected chi connectivity index (χ1v) is 5.69. The van der Waals surface area contributed by atoms with Gasteiger partial charge in [-0.25, -0.2) is 0 Å². The number of unbranched alkanes of at least 4 members (excludes halogenated alkanes) is 3. The first-order chi connectivity index (χ1) is 7.45. The average molecular weight is 229 g/mol. The number of hydrogen-bond acceptors (Lipinski definition) is 3. The predicted octanol–water partition coefficient (Wildman–Crippen LogP) is 0.938. The van der Waals surface area contributed by atoms with E-state index in [-0.39, 0.29) is 0 Å². The van der Waals surface area contributed by atoms with Gasteiger partial charge in [-0.3, -0.25) is 4.79 Å². The second kappa shape index (κ2) is 8.10. The zero-order chi connectivity index (χ0) is 12.4. The first kappa shape index (κ1) is 14.9. The van der Waals surface area contributed by atoms with Gasteiger partial charge in [0.25, 0.3) is 5.91 Å². The van der Waals surface area contributed by atoms with Crippen LogP contribution < -0.4 is 5.32 Å². The maximum absolute atomic E-state index is 10.8. The van der Waals surface area contributed by atoms with Crippen LogP contribution in [0, 0.1) is 5.21 Å². The van der Waals surface area contributed by atoms with Gasteiger partial charge in [-0.05, 0) is 19.3 Å². The Morgan fingerprint density at radius 2 is 1.88 bits per heavy atom. The van der Waals surface area contributed by atoms with E-state index in [0.29, 0.717) is 6.54 Å². The fourth-order valence-electron chi connectivity index (χ4n) is 1.37. The number of nitrogens with zero attached hydrogens (tertiary/aromatic N) is 2. The second-order valence-electron chi connectivity index (χ2n) is 4.95. The minimum atomic E-state index is -0.402. The molecule has 16 heavy (non-hydrogen) atoms. The molecule has 0 rings (SSSR count). The molecule has 0 saturated heterocycles. The van der Waals surface area contributed by atoms with Crippen molar-refractivity contribution in [3.05, 3.63) is 5.21 Å². The molecule has 0 bridgehead atoms. The van der Waals surface area contributed by atoms with Crippen LogP contribution in [0.15, 0.2) is 5.16 Å². The maximum Gasteiger partial charge on any atom is 0.261 e. The number of rotatable bonds is 8. The highest BCUT2D eigenvalue weighted by molar-refractivity contribution is 6.26. The highest BCUT2D eigenvalue weighted by Crippen LogP contribution is 2.02. The van der Waals surface area contributed by atoms with E-state index < -0.39 is 5.91 Å². The van der Waals surface area contributed by atoms with Gasteiger partial charge in [0.15, 0.2) is 0 Å². The summed E-state index contributed by atoms with van der Waals surface area (Å²) in [6.07, 6.45) is 5.21. The largest absolute Gasteiger partial charge is 0.792 e. The molecule has 0 atom stereocenters. The molecule has 0 fully saturated rings. The molecule has 0 radical (unpaired) electrons. The molecule has 0 aliphatic carbocycles. The van der Waals surface area contributed by atoms with Crippen molar-refractivity contribution in [2.75, 3.05) is 34.2 Å². The fourth-order valence-corrected chi connectivity index (χ4v) is 1.37. The van der Waals surface area contributed by atoms with Crippen molar-refractivity contribution in [3.63, 3.8) is 0 Å². The van der Waals surface area contributed by atoms with E-state index in [1.165, 1.54) is 19.4 Å². The van der Waals surface area contributed by atoms with E-state index in [0.717, 1.165) is 23.5 Å². The third-order valence-corrected chi connectivity index (χ3v) is 2.22. The minimum Gasteiger partial charge on any atom is -0.792 e. The predicted molar refractivity (Wildman–Crippen MR) is 66.2 cm³/mol. The van der Waals surface area contributed by atoms with E-state index in [4.69, 9.17) is 0 Å². The van der Waals surface area contributed by atoms with Gasteiger partial charge in [0.2, 0.25) is 0 Å². The molecule has 5 heteroatoms. The standard InChI is InChI=1S/C11H23N3O2/c1-14(2,3)9-7-5-4-6-8-12-11(15)10-13-16/h10H,4-9H2,1-3H3,(H-,12,15,16). The Morgan fingerprint density at radius 3 is 2.44 bits per heavy atom. The lowest BCUT2D eigenvalue weighted by Crippen LogP contribution is -2.35. The van der Waals surface area contributed by atoms with Crippen LogP contribution in [0.1, 0.15) is 25.7 Å². The van der Waals surface area contributed by atoms with Gasteiger partial charge in [-0.15, -0.1) is 0 Å². The molecule has 0 unspecified atom stereocenters. The van der Waals surface area contributed by atoms with Gasteiger partial charge in [-0.2, -0.15) is 0 Å². The smallest absolute Gasteiger partial charge is 0.261 e. The Kier molecular flexibility index (Phi) is 7.54.